The maximum Gasteiger partial charge on any atom is 0.302 e. The number of H-pyrrole nitrogens is 1. The van der Waals surface area contributed by atoms with E-state index in [-0.39, 0.29) is 16.8 Å². The number of rotatable bonds is 10. The number of benzene rings is 1. The minimum absolute atomic E-state index is 0.105. The van der Waals surface area contributed by atoms with E-state index in [9.17, 15) is 18.7 Å². The lowest BCUT2D eigenvalue weighted by molar-refractivity contribution is -0.0929. The Kier molecular flexibility index (Phi) is 7.69. The van der Waals surface area contributed by atoms with Crippen molar-refractivity contribution in [2.24, 2.45) is 0 Å². The first-order valence-corrected chi connectivity index (χ1v) is 10.6. The van der Waals surface area contributed by atoms with Crippen molar-refractivity contribution >= 4 is 17.0 Å². The SMILES string of the molecule is O=C1SCC(C=CC(O)C(F)(F)c2ccccc2)N1CC=CCCCc1nnn[nH]1. The second kappa shape index (κ2) is 10.4. The van der Waals surface area contributed by atoms with E-state index >= 15 is 0 Å². The second-order valence-corrected chi connectivity index (χ2v) is 7.80. The van der Waals surface area contributed by atoms with Crippen LogP contribution in [0.15, 0.2) is 54.6 Å². The zero-order valence-corrected chi connectivity index (χ0v) is 17.0. The molecule has 1 aromatic heterocycles. The first kappa shape index (κ1) is 22.1. The molecule has 0 saturated carbocycles. The van der Waals surface area contributed by atoms with Crippen molar-refractivity contribution < 1.29 is 18.7 Å². The Morgan fingerprint density at radius 3 is 2.87 bits per heavy atom. The third kappa shape index (κ3) is 5.73. The number of allylic oxidation sites excluding steroid dienone is 1. The third-order valence-electron chi connectivity index (χ3n) is 4.70. The Labute approximate surface area is 177 Å². The summed E-state index contributed by atoms with van der Waals surface area (Å²) < 4.78 is 28.8. The monoisotopic (exact) mass is 435 g/mol. The normalized spacial score (nSPS) is 18.7. The molecule has 30 heavy (non-hydrogen) atoms. The number of aromatic nitrogens is 4. The minimum Gasteiger partial charge on any atom is -0.382 e. The fourth-order valence-electron chi connectivity index (χ4n) is 3.00. The predicted molar refractivity (Wildman–Crippen MR) is 110 cm³/mol. The van der Waals surface area contributed by atoms with Gasteiger partial charge in [0.25, 0.3) is 5.24 Å². The molecule has 0 spiro atoms. The third-order valence-corrected chi connectivity index (χ3v) is 5.69. The summed E-state index contributed by atoms with van der Waals surface area (Å²) in [6, 6.07) is 6.86. The van der Waals surface area contributed by atoms with Crippen molar-refractivity contribution in [1.82, 2.24) is 25.5 Å². The van der Waals surface area contributed by atoms with Gasteiger partial charge in [-0.3, -0.25) is 4.79 Å². The van der Waals surface area contributed by atoms with E-state index in [1.54, 1.807) is 11.0 Å². The fraction of sp³-hybridized carbons (Fsp3) is 0.400. The largest absolute Gasteiger partial charge is 0.382 e. The lowest BCUT2D eigenvalue weighted by Crippen LogP contribution is -2.33. The van der Waals surface area contributed by atoms with Crippen LogP contribution in [0.5, 0.6) is 0 Å². The molecular weight excluding hydrogens is 412 g/mol. The fourth-order valence-corrected chi connectivity index (χ4v) is 3.98. The van der Waals surface area contributed by atoms with Crippen LogP contribution in [0.25, 0.3) is 0 Å². The second-order valence-electron chi connectivity index (χ2n) is 6.83. The van der Waals surface area contributed by atoms with Gasteiger partial charge in [-0.05, 0) is 23.3 Å². The smallest absolute Gasteiger partial charge is 0.302 e. The maximum atomic E-state index is 14.4. The molecule has 0 radical (unpaired) electrons. The van der Waals surface area contributed by atoms with E-state index in [0.29, 0.717) is 12.3 Å². The van der Waals surface area contributed by atoms with Gasteiger partial charge in [-0.1, -0.05) is 66.4 Å². The number of halogens is 2. The molecule has 0 aliphatic carbocycles. The molecule has 1 fully saturated rings. The molecule has 1 saturated heterocycles. The molecule has 2 unspecified atom stereocenters. The lowest BCUT2D eigenvalue weighted by Gasteiger charge is -2.22. The van der Waals surface area contributed by atoms with Gasteiger partial charge < -0.3 is 10.0 Å². The number of aryl methyl sites for hydroxylation is 1. The lowest BCUT2D eigenvalue weighted by atomic mass is 10.0. The van der Waals surface area contributed by atoms with E-state index in [2.05, 4.69) is 20.6 Å². The molecule has 1 aliphatic rings. The van der Waals surface area contributed by atoms with Crippen LogP contribution in [-0.2, 0) is 12.3 Å². The van der Waals surface area contributed by atoms with Crippen LogP contribution < -0.4 is 0 Å². The summed E-state index contributed by atoms with van der Waals surface area (Å²) in [6.07, 6.45) is 6.86. The van der Waals surface area contributed by atoms with Crippen LogP contribution in [0.1, 0.15) is 24.2 Å². The van der Waals surface area contributed by atoms with Crippen LogP contribution in [0, 0.1) is 0 Å². The number of alkyl halides is 2. The van der Waals surface area contributed by atoms with Gasteiger partial charge in [0.05, 0.1) is 6.04 Å². The first-order valence-electron chi connectivity index (χ1n) is 9.59. The Hall–Kier alpha value is -2.59. The molecule has 2 N–H and O–H groups in total. The summed E-state index contributed by atoms with van der Waals surface area (Å²) in [5, 5.41) is 23.4. The highest BCUT2D eigenvalue weighted by Gasteiger charge is 2.39. The van der Waals surface area contributed by atoms with Gasteiger partial charge in [0.15, 0.2) is 0 Å². The number of hydrogen-bond donors (Lipinski definition) is 2. The van der Waals surface area contributed by atoms with E-state index in [1.807, 2.05) is 12.2 Å². The summed E-state index contributed by atoms with van der Waals surface area (Å²) in [5.41, 5.74) is -0.250. The maximum absolute atomic E-state index is 14.4. The summed E-state index contributed by atoms with van der Waals surface area (Å²) in [6.45, 7) is 0.385. The van der Waals surface area contributed by atoms with Gasteiger partial charge >= 0.3 is 5.92 Å². The zero-order chi connectivity index (χ0) is 21.4. The highest BCUT2D eigenvalue weighted by molar-refractivity contribution is 8.13. The van der Waals surface area contributed by atoms with Gasteiger partial charge in [-0.25, -0.2) is 5.10 Å². The average Bonchev–Trinajstić information content (AvgIpc) is 3.39. The standard InChI is InChI=1S/C20H23F2N5O2S/c21-20(22,15-8-4-3-5-9-15)17(28)12-11-16-14-30-19(29)27(16)13-7-2-1-6-10-18-23-25-26-24-18/h2-5,7-9,11-12,16-17,28H,1,6,10,13-14H2,(H,23,24,25,26). The Morgan fingerprint density at radius 1 is 1.33 bits per heavy atom. The number of hydrogen-bond acceptors (Lipinski definition) is 6. The summed E-state index contributed by atoms with van der Waals surface area (Å²) >= 11 is 1.14. The van der Waals surface area contributed by atoms with Gasteiger partial charge in [-0.2, -0.15) is 8.78 Å². The summed E-state index contributed by atoms with van der Waals surface area (Å²) in [4.78, 5) is 13.7. The number of nitrogens with zero attached hydrogens (tertiary/aromatic N) is 4. The number of unbranched alkanes of at least 4 members (excludes halogenated alkanes) is 1. The predicted octanol–water partition coefficient (Wildman–Crippen LogP) is 3.33. The number of aliphatic hydroxyl groups excluding tert-OH is 1. The van der Waals surface area contributed by atoms with Crippen molar-refractivity contribution in [3.8, 4) is 0 Å². The molecule has 2 aromatic rings. The number of nitrogens with one attached hydrogen (secondary N) is 1. The highest BCUT2D eigenvalue weighted by atomic mass is 32.2. The number of tetrazole rings is 1. The number of aliphatic hydroxyl groups is 1. The van der Waals surface area contributed by atoms with E-state index in [0.717, 1.165) is 42.9 Å². The van der Waals surface area contributed by atoms with Crippen LogP contribution >= 0.6 is 11.8 Å². The summed E-state index contributed by atoms with van der Waals surface area (Å²) in [7, 11) is 0. The number of thioether (sulfide) groups is 1. The zero-order valence-electron chi connectivity index (χ0n) is 16.2. The van der Waals surface area contributed by atoms with Crippen LogP contribution in [0.4, 0.5) is 13.6 Å². The minimum atomic E-state index is -3.41. The molecule has 10 heteroatoms. The summed E-state index contributed by atoms with van der Waals surface area (Å²) in [5.74, 6) is -2.21. The topological polar surface area (TPSA) is 95.0 Å². The molecule has 3 rings (SSSR count). The molecule has 7 nitrogen and oxygen atoms in total. The molecule has 1 aromatic carbocycles. The average molecular weight is 436 g/mol. The molecule has 1 aliphatic heterocycles. The molecule has 2 heterocycles. The van der Waals surface area contributed by atoms with Crippen LogP contribution in [-0.4, -0.2) is 60.3 Å². The van der Waals surface area contributed by atoms with E-state index < -0.39 is 12.0 Å². The van der Waals surface area contributed by atoms with Crippen molar-refractivity contribution in [3.05, 3.63) is 66.0 Å². The van der Waals surface area contributed by atoms with Crippen molar-refractivity contribution in [2.45, 2.75) is 37.3 Å². The number of amides is 1. The molecule has 2 atom stereocenters. The van der Waals surface area contributed by atoms with Crippen LogP contribution in [0.2, 0.25) is 0 Å². The number of aromatic amines is 1. The molecule has 160 valence electrons. The number of carbonyl (C=O) groups is 1. The highest BCUT2D eigenvalue weighted by Crippen LogP contribution is 2.33. The Bertz CT molecular complexity index is 861. The van der Waals surface area contributed by atoms with E-state index in [1.165, 1.54) is 30.3 Å². The Balaban J connectivity index is 1.50. The van der Waals surface area contributed by atoms with E-state index in [4.69, 9.17) is 0 Å². The molecular formula is C20H23F2N5O2S. The molecule has 0 bridgehead atoms. The first-order chi connectivity index (χ1) is 14.5. The van der Waals surface area contributed by atoms with Gasteiger partial charge in [0, 0.05) is 24.3 Å². The van der Waals surface area contributed by atoms with Gasteiger partial charge in [-0.15, -0.1) is 5.10 Å². The number of carbonyl (C=O) groups excluding carboxylic acids is 1. The van der Waals surface area contributed by atoms with Crippen molar-refractivity contribution in [1.29, 1.82) is 0 Å². The van der Waals surface area contributed by atoms with Crippen LogP contribution in [0.3, 0.4) is 0 Å². The van der Waals surface area contributed by atoms with Crippen molar-refractivity contribution in [3.63, 3.8) is 0 Å². The van der Waals surface area contributed by atoms with Gasteiger partial charge in [0.1, 0.15) is 11.9 Å². The van der Waals surface area contributed by atoms with Gasteiger partial charge in [0.2, 0.25) is 0 Å². The molecule has 1 amide bonds. The Morgan fingerprint density at radius 2 is 2.13 bits per heavy atom. The quantitative estimate of drug-likeness (QED) is 0.439. The van der Waals surface area contributed by atoms with Crippen molar-refractivity contribution in [2.75, 3.05) is 12.3 Å².